The van der Waals surface area contributed by atoms with Gasteiger partial charge in [0.05, 0.1) is 25.8 Å². The predicted octanol–water partition coefficient (Wildman–Crippen LogP) is 2.56. The van der Waals surface area contributed by atoms with Crippen LogP contribution in [0.25, 0.3) is 5.76 Å². The molecule has 1 aliphatic rings. The SMILES string of the molecule is COCCCN1C(=O)C(=O)/C(=C(/O)c2c(OC)cccc2OC)C1c1cccnc1. The van der Waals surface area contributed by atoms with E-state index in [0.29, 0.717) is 30.1 Å². The molecule has 8 nitrogen and oxygen atoms in total. The number of aliphatic hydroxyl groups excluding tert-OH is 1. The molecule has 0 saturated carbocycles. The molecule has 0 radical (unpaired) electrons. The molecule has 1 aromatic heterocycles. The van der Waals surface area contributed by atoms with E-state index in [1.807, 2.05) is 0 Å². The number of carbonyl (C=O) groups excluding carboxylic acids is 2. The van der Waals surface area contributed by atoms with Gasteiger partial charge in [-0.25, -0.2) is 0 Å². The quantitative estimate of drug-likeness (QED) is 0.308. The van der Waals surface area contributed by atoms with Gasteiger partial charge in [-0.3, -0.25) is 14.6 Å². The van der Waals surface area contributed by atoms with Gasteiger partial charge in [-0.05, 0) is 30.2 Å². The fourth-order valence-electron chi connectivity index (χ4n) is 3.59. The molecule has 2 aromatic rings. The van der Waals surface area contributed by atoms with Crippen molar-refractivity contribution in [2.24, 2.45) is 0 Å². The predicted molar refractivity (Wildman–Crippen MR) is 109 cm³/mol. The summed E-state index contributed by atoms with van der Waals surface area (Å²) in [6.45, 7) is 0.723. The summed E-state index contributed by atoms with van der Waals surface area (Å²) in [7, 11) is 4.47. The van der Waals surface area contributed by atoms with Gasteiger partial charge in [0.25, 0.3) is 11.7 Å². The van der Waals surface area contributed by atoms with E-state index < -0.39 is 17.7 Å². The molecule has 0 aliphatic carbocycles. The van der Waals surface area contributed by atoms with Crippen LogP contribution in [0.15, 0.2) is 48.3 Å². The molecule has 1 unspecified atom stereocenters. The third kappa shape index (κ3) is 3.86. The second kappa shape index (κ2) is 9.41. The number of aromatic nitrogens is 1. The smallest absolute Gasteiger partial charge is 0.295 e. The van der Waals surface area contributed by atoms with Crippen molar-refractivity contribution in [3.63, 3.8) is 0 Å². The minimum atomic E-state index is -0.787. The molecule has 30 heavy (non-hydrogen) atoms. The lowest BCUT2D eigenvalue weighted by atomic mass is 9.95. The molecule has 1 N–H and O–H groups in total. The number of hydrogen-bond donors (Lipinski definition) is 1. The number of Topliss-reactive ketones (excluding diaryl/α,β-unsaturated/α-hetero) is 1. The van der Waals surface area contributed by atoms with Gasteiger partial charge in [0, 0.05) is 32.7 Å². The van der Waals surface area contributed by atoms with Crippen molar-refractivity contribution in [3.8, 4) is 11.5 Å². The topological polar surface area (TPSA) is 98.2 Å². The van der Waals surface area contributed by atoms with Gasteiger partial charge >= 0.3 is 0 Å². The Morgan fingerprint density at radius 2 is 1.80 bits per heavy atom. The summed E-state index contributed by atoms with van der Waals surface area (Å²) in [5.74, 6) is -1.17. The number of amides is 1. The number of nitrogens with zero attached hydrogens (tertiary/aromatic N) is 2. The van der Waals surface area contributed by atoms with Gasteiger partial charge in [0.1, 0.15) is 22.8 Å². The van der Waals surface area contributed by atoms with E-state index >= 15 is 0 Å². The first-order valence-corrected chi connectivity index (χ1v) is 9.43. The average Bonchev–Trinajstić information content (AvgIpc) is 3.03. The minimum absolute atomic E-state index is 0.0341. The second-order valence-electron chi connectivity index (χ2n) is 6.66. The Kier molecular flexibility index (Phi) is 6.68. The number of ketones is 1. The van der Waals surface area contributed by atoms with Crippen LogP contribution in [0.3, 0.4) is 0 Å². The third-order valence-corrected chi connectivity index (χ3v) is 4.95. The van der Waals surface area contributed by atoms with Gasteiger partial charge in [-0.2, -0.15) is 0 Å². The molecule has 0 bridgehead atoms. The molecule has 2 heterocycles. The molecule has 3 rings (SSSR count). The van der Waals surface area contributed by atoms with Crippen molar-refractivity contribution in [1.29, 1.82) is 0 Å². The Hall–Kier alpha value is -3.39. The summed E-state index contributed by atoms with van der Waals surface area (Å²) < 4.78 is 15.8. The highest BCUT2D eigenvalue weighted by Gasteiger charge is 2.46. The standard InChI is InChI=1S/C22H24N2O6/c1-28-12-6-11-24-19(14-7-5-10-23-13-14)18(21(26)22(24)27)20(25)17-15(29-2)8-4-9-16(17)30-3/h4-5,7-10,13,19,25H,6,11-12H2,1-3H3/b20-18+. The average molecular weight is 412 g/mol. The fraction of sp³-hybridized carbons (Fsp3) is 0.318. The summed E-state index contributed by atoms with van der Waals surface area (Å²) in [6, 6.07) is 7.69. The number of benzene rings is 1. The molecule has 1 aliphatic heterocycles. The molecule has 1 saturated heterocycles. The zero-order chi connectivity index (χ0) is 21.7. The van der Waals surface area contributed by atoms with Gasteiger partial charge in [-0.15, -0.1) is 0 Å². The monoisotopic (exact) mass is 412 g/mol. The Labute approximate surface area is 174 Å². The van der Waals surface area contributed by atoms with E-state index in [1.165, 1.54) is 19.1 Å². The van der Waals surface area contributed by atoms with Crippen LogP contribution >= 0.6 is 0 Å². The number of hydrogen-bond acceptors (Lipinski definition) is 7. The molecule has 158 valence electrons. The van der Waals surface area contributed by atoms with Crippen molar-refractivity contribution in [2.45, 2.75) is 12.5 Å². The van der Waals surface area contributed by atoms with Crippen LogP contribution in [-0.2, 0) is 14.3 Å². The first-order valence-electron chi connectivity index (χ1n) is 9.43. The zero-order valence-corrected chi connectivity index (χ0v) is 17.1. The lowest BCUT2D eigenvalue weighted by Crippen LogP contribution is -2.31. The van der Waals surface area contributed by atoms with E-state index in [9.17, 15) is 14.7 Å². The number of methoxy groups -OCH3 is 3. The summed E-state index contributed by atoms with van der Waals surface area (Å²) >= 11 is 0. The highest BCUT2D eigenvalue weighted by molar-refractivity contribution is 6.46. The Bertz CT molecular complexity index is 935. The van der Waals surface area contributed by atoms with Gasteiger partial charge in [0.15, 0.2) is 0 Å². The van der Waals surface area contributed by atoms with Crippen molar-refractivity contribution in [3.05, 3.63) is 59.4 Å². The fourth-order valence-corrected chi connectivity index (χ4v) is 3.59. The third-order valence-electron chi connectivity index (χ3n) is 4.95. The number of rotatable bonds is 8. The van der Waals surface area contributed by atoms with E-state index in [2.05, 4.69) is 4.98 Å². The maximum atomic E-state index is 13.0. The van der Waals surface area contributed by atoms with Crippen LogP contribution in [-0.4, -0.2) is 61.2 Å². The van der Waals surface area contributed by atoms with Crippen molar-refractivity contribution >= 4 is 17.4 Å². The molecular formula is C22H24N2O6. The highest BCUT2D eigenvalue weighted by Crippen LogP contribution is 2.43. The van der Waals surface area contributed by atoms with Crippen LogP contribution in [0.1, 0.15) is 23.6 Å². The maximum Gasteiger partial charge on any atom is 0.295 e. The molecule has 1 atom stereocenters. The Morgan fingerprint density at radius 1 is 1.10 bits per heavy atom. The zero-order valence-electron chi connectivity index (χ0n) is 17.1. The highest BCUT2D eigenvalue weighted by atomic mass is 16.5. The van der Waals surface area contributed by atoms with Crippen LogP contribution in [0.4, 0.5) is 0 Å². The van der Waals surface area contributed by atoms with E-state index in [0.717, 1.165) is 0 Å². The summed E-state index contributed by atoms with van der Waals surface area (Å²) in [5, 5.41) is 11.2. The van der Waals surface area contributed by atoms with Gasteiger partial charge in [-0.1, -0.05) is 12.1 Å². The summed E-state index contributed by atoms with van der Waals surface area (Å²) in [6.07, 6.45) is 3.72. The van der Waals surface area contributed by atoms with Gasteiger partial charge in [0.2, 0.25) is 0 Å². The summed E-state index contributed by atoms with van der Waals surface area (Å²) in [4.78, 5) is 31.4. The number of aliphatic hydroxyl groups is 1. The first kappa shape index (κ1) is 21.3. The Morgan fingerprint density at radius 3 is 2.37 bits per heavy atom. The molecule has 1 fully saturated rings. The number of ether oxygens (including phenoxy) is 3. The van der Waals surface area contributed by atoms with Crippen molar-refractivity contribution in [2.75, 3.05) is 34.5 Å². The largest absolute Gasteiger partial charge is 0.506 e. The normalized spacial score (nSPS) is 18.0. The van der Waals surface area contributed by atoms with Crippen molar-refractivity contribution < 1.29 is 28.9 Å². The lowest BCUT2D eigenvalue weighted by molar-refractivity contribution is -0.140. The Balaban J connectivity index is 2.20. The van der Waals surface area contributed by atoms with Crippen LogP contribution in [0.2, 0.25) is 0 Å². The molecular weight excluding hydrogens is 388 g/mol. The summed E-state index contributed by atoms with van der Waals surface area (Å²) in [5.41, 5.74) is 0.795. The molecule has 8 heteroatoms. The number of carbonyl (C=O) groups is 2. The molecule has 0 spiro atoms. The van der Waals surface area contributed by atoms with Gasteiger partial charge < -0.3 is 24.2 Å². The van der Waals surface area contributed by atoms with E-state index in [1.54, 1.807) is 49.8 Å². The maximum absolute atomic E-state index is 13.0. The van der Waals surface area contributed by atoms with E-state index in [4.69, 9.17) is 14.2 Å². The molecule has 1 aromatic carbocycles. The van der Waals surface area contributed by atoms with Crippen LogP contribution < -0.4 is 9.47 Å². The first-order chi connectivity index (χ1) is 14.5. The lowest BCUT2D eigenvalue weighted by Gasteiger charge is -2.25. The minimum Gasteiger partial charge on any atom is -0.506 e. The van der Waals surface area contributed by atoms with E-state index in [-0.39, 0.29) is 23.4 Å². The van der Waals surface area contributed by atoms with Crippen LogP contribution in [0, 0.1) is 0 Å². The van der Waals surface area contributed by atoms with Crippen molar-refractivity contribution in [1.82, 2.24) is 9.88 Å². The number of likely N-dealkylation sites (tertiary alicyclic amines) is 1. The molecule has 1 amide bonds. The second-order valence-corrected chi connectivity index (χ2v) is 6.66. The van der Waals surface area contributed by atoms with Crippen LogP contribution in [0.5, 0.6) is 11.5 Å². The number of pyridine rings is 1.